The van der Waals surface area contributed by atoms with Gasteiger partial charge in [0.15, 0.2) is 0 Å². The summed E-state index contributed by atoms with van der Waals surface area (Å²) >= 11 is 0. The van der Waals surface area contributed by atoms with E-state index in [9.17, 15) is 18.0 Å². The minimum atomic E-state index is -4.31. The zero-order valence-electron chi connectivity index (χ0n) is 19.6. The van der Waals surface area contributed by atoms with Crippen LogP contribution in [0.4, 0.5) is 13.2 Å². The van der Waals surface area contributed by atoms with Crippen LogP contribution < -0.4 is 5.32 Å². The standard InChI is InChI=1S/C27H32F3N3O/c1-18-9-10-22-24(32-18)8-5-12-26(22)17-31-16-23(26)25(34)33-13-11-20(19-6-3-2-4-7-19)14-21(33)15-27(28,29)30/h2-4,6-7,9-10,20-21,23,31H,5,8,11-17H2,1H3/t20-,21+,23+,26+/m1/s1. The summed E-state index contributed by atoms with van der Waals surface area (Å²) in [6.45, 7) is 3.51. The Balaban J connectivity index is 1.44. The van der Waals surface area contributed by atoms with Gasteiger partial charge in [-0.2, -0.15) is 13.2 Å². The third-order valence-corrected chi connectivity index (χ3v) is 8.18. The molecule has 3 aliphatic rings. The fraction of sp³-hybridized carbons (Fsp3) is 0.556. The Kier molecular flexibility index (Phi) is 6.17. The van der Waals surface area contributed by atoms with Gasteiger partial charge in [0, 0.05) is 42.5 Å². The van der Waals surface area contributed by atoms with E-state index in [4.69, 9.17) is 4.98 Å². The third kappa shape index (κ3) is 4.35. The number of carbonyl (C=O) groups excluding carboxylic acids is 1. The average molecular weight is 472 g/mol. The second-order valence-corrected chi connectivity index (χ2v) is 10.3. The Labute approximate surface area is 198 Å². The van der Waals surface area contributed by atoms with E-state index >= 15 is 0 Å². The molecule has 1 aromatic carbocycles. The maximum atomic E-state index is 14.0. The van der Waals surface area contributed by atoms with Gasteiger partial charge in [-0.3, -0.25) is 9.78 Å². The van der Waals surface area contributed by atoms with Gasteiger partial charge < -0.3 is 10.2 Å². The number of carbonyl (C=O) groups is 1. The molecule has 2 saturated heterocycles. The molecule has 1 spiro atoms. The Morgan fingerprint density at radius 3 is 2.76 bits per heavy atom. The molecule has 2 aliphatic heterocycles. The number of rotatable bonds is 3. The highest BCUT2D eigenvalue weighted by Crippen LogP contribution is 2.46. The zero-order valence-corrected chi connectivity index (χ0v) is 19.6. The molecule has 1 amide bonds. The fourth-order valence-electron chi connectivity index (χ4n) is 6.62. The quantitative estimate of drug-likeness (QED) is 0.692. The molecule has 2 fully saturated rings. The maximum Gasteiger partial charge on any atom is 0.391 e. The summed E-state index contributed by atoms with van der Waals surface area (Å²) in [6, 6.07) is 13.0. The minimum Gasteiger partial charge on any atom is -0.339 e. The number of benzene rings is 1. The van der Waals surface area contributed by atoms with Crippen LogP contribution in [0.15, 0.2) is 42.5 Å². The van der Waals surface area contributed by atoms with Crippen LogP contribution in [0.5, 0.6) is 0 Å². The van der Waals surface area contributed by atoms with Crippen molar-refractivity contribution in [2.45, 2.75) is 69.0 Å². The number of aromatic nitrogens is 1. The normalized spacial score (nSPS) is 29.3. The van der Waals surface area contributed by atoms with Crippen molar-refractivity contribution < 1.29 is 18.0 Å². The number of likely N-dealkylation sites (tertiary alicyclic amines) is 1. The number of aryl methyl sites for hydroxylation is 2. The number of piperidine rings is 1. The first-order valence-corrected chi connectivity index (χ1v) is 12.4. The number of alkyl halides is 3. The van der Waals surface area contributed by atoms with Crippen molar-refractivity contribution >= 4 is 5.91 Å². The van der Waals surface area contributed by atoms with E-state index in [2.05, 4.69) is 11.4 Å². The Morgan fingerprint density at radius 1 is 1.21 bits per heavy atom. The number of pyridine rings is 1. The molecule has 7 heteroatoms. The van der Waals surface area contributed by atoms with Gasteiger partial charge in [-0.15, -0.1) is 0 Å². The van der Waals surface area contributed by atoms with Crippen LogP contribution in [0.2, 0.25) is 0 Å². The van der Waals surface area contributed by atoms with Gasteiger partial charge in [-0.05, 0) is 62.1 Å². The van der Waals surface area contributed by atoms with Gasteiger partial charge in [0.25, 0.3) is 0 Å². The largest absolute Gasteiger partial charge is 0.391 e. The molecule has 0 bridgehead atoms. The molecule has 1 N–H and O–H groups in total. The van der Waals surface area contributed by atoms with Gasteiger partial charge in [0.2, 0.25) is 5.91 Å². The molecule has 182 valence electrons. The highest BCUT2D eigenvalue weighted by molar-refractivity contribution is 5.82. The van der Waals surface area contributed by atoms with E-state index in [1.807, 2.05) is 43.3 Å². The number of fused-ring (bicyclic) bond motifs is 2. The molecule has 4 nitrogen and oxygen atoms in total. The van der Waals surface area contributed by atoms with E-state index in [0.717, 1.165) is 41.8 Å². The number of amides is 1. The van der Waals surface area contributed by atoms with Gasteiger partial charge in [0.1, 0.15) is 0 Å². The van der Waals surface area contributed by atoms with Gasteiger partial charge in [-0.1, -0.05) is 36.4 Å². The number of nitrogens with one attached hydrogen (secondary N) is 1. The lowest BCUT2D eigenvalue weighted by Gasteiger charge is -2.45. The summed E-state index contributed by atoms with van der Waals surface area (Å²) in [5.74, 6) is -0.449. The molecule has 3 heterocycles. The molecular formula is C27H32F3N3O. The Bertz CT molecular complexity index is 1040. The molecule has 0 radical (unpaired) electrons. The summed E-state index contributed by atoms with van der Waals surface area (Å²) in [4.78, 5) is 20.3. The molecular weight excluding hydrogens is 439 g/mol. The Hall–Kier alpha value is -2.41. The molecule has 0 unspecified atom stereocenters. The summed E-state index contributed by atoms with van der Waals surface area (Å²) in [6.07, 6.45) is -1.54. The Morgan fingerprint density at radius 2 is 2.00 bits per heavy atom. The van der Waals surface area contributed by atoms with Crippen LogP contribution in [-0.2, 0) is 16.6 Å². The minimum absolute atomic E-state index is 0.0378. The van der Waals surface area contributed by atoms with Crippen LogP contribution in [0.25, 0.3) is 0 Å². The van der Waals surface area contributed by atoms with Crippen LogP contribution in [-0.4, -0.2) is 47.6 Å². The lowest BCUT2D eigenvalue weighted by molar-refractivity contribution is -0.160. The fourth-order valence-corrected chi connectivity index (χ4v) is 6.62. The number of hydrogen-bond acceptors (Lipinski definition) is 3. The van der Waals surface area contributed by atoms with Gasteiger partial charge in [0.05, 0.1) is 12.3 Å². The number of nitrogens with zero attached hydrogens (tertiary/aromatic N) is 2. The zero-order chi connectivity index (χ0) is 23.9. The molecule has 34 heavy (non-hydrogen) atoms. The van der Waals surface area contributed by atoms with Crippen molar-refractivity contribution in [3.8, 4) is 0 Å². The SMILES string of the molecule is Cc1ccc2c(n1)CCC[C@]21CNC[C@H]1C(=O)N1CC[C@@H](c2ccccc2)C[C@H]1CC(F)(F)F. The first-order chi connectivity index (χ1) is 16.3. The first kappa shape index (κ1) is 23.3. The predicted octanol–water partition coefficient (Wildman–Crippen LogP) is 4.91. The van der Waals surface area contributed by atoms with Crippen molar-refractivity contribution in [1.82, 2.24) is 15.2 Å². The maximum absolute atomic E-state index is 14.0. The van der Waals surface area contributed by atoms with E-state index in [0.29, 0.717) is 32.5 Å². The first-order valence-electron chi connectivity index (χ1n) is 12.4. The van der Waals surface area contributed by atoms with Crippen LogP contribution in [0.1, 0.15) is 60.5 Å². The average Bonchev–Trinajstić information content (AvgIpc) is 3.22. The topological polar surface area (TPSA) is 45.2 Å². The summed E-state index contributed by atoms with van der Waals surface area (Å²) in [5.41, 5.74) is 3.78. The highest BCUT2D eigenvalue weighted by atomic mass is 19.4. The van der Waals surface area contributed by atoms with Crippen LogP contribution >= 0.6 is 0 Å². The van der Waals surface area contributed by atoms with E-state index in [-0.39, 0.29) is 23.2 Å². The van der Waals surface area contributed by atoms with E-state index in [1.54, 1.807) is 4.90 Å². The molecule has 4 atom stereocenters. The third-order valence-electron chi connectivity index (χ3n) is 8.18. The molecule has 5 rings (SSSR count). The lowest BCUT2D eigenvalue weighted by Crippen LogP contribution is -2.54. The van der Waals surface area contributed by atoms with Crippen LogP contribution in [0, 0.1) is 12.8 Å². The van der Waals surface area contributed by atoms with Crippen molar-refractivity contribution in [2.24, 2.45) is 5.92 Å². The molecule has 2 aromatic rings. The monoisotopic (exact) mass is 471 g/mol. The smallest absolute Gasteiger partial charge is 0.339 e. The van der Waals surface area contributed by atoms with Crippen molar-refractivity contribution in [3.63, 3.8) is 0 Å². The summed E-state index contributed by atoms with van der Waals surface area (Å²) in [7, 11) is 0. The lowest BCUT2D eigenvalue weighted by atomic mass is 9.65. The summed E-state index contributed by atoms with van der Waals surface area (Å²) < 4.78 is 40.8. The van der Waals surface area contributed by atoms with E-state index in [1.165, 1.54) is 0 Å². The second kappa shape index (κ2) is 8.99. The number of hydrogen-bond donors (Lipinski definition) is 1. The summed E-state index contributed by atoms with van der Waals surface area (Å²) in [5, 5.41) is 3.41. The van der Waals surface area contributed by atoms with Crippen molar-refractivity contribution in [1.29, 1.82) is 0 Å². The molecule has 0 saturated carbocycles. The van der Waals surface area contributed by atoms with Crippen molar-refractivity contribution in [2.75, 3.05) is 19.6 Å². The van der Waals surface area contributed by atoms with Gasteiger partial charge >= 0.3 is 6.18 Å². The second-order valence-electron chi connectivity index (χ2n) is 10.3. The molecule has 1 aliphatic carbocycles. The van der Waals surface area contributed by atoms with Gasteiger partial charge in [-0.25, -0.2) is 0 Å². The van der Waals surface area contributed by atoms with E-state index < -0.39 is 18.6 Å². The van der Waals surface area contributed by atoms with Crippen molar-refractivity contribution in [3.05, 3.63) is 65.0 Å². The molecule has 1 aromatic heterocycles. The number of halogens is 3. The highest BCUT2D eigenvalue weighted by Gasteiger charge is 2.52. The predicted molar refractivity (Wildman–Crippen MR) is 125 cm³/mol. The van der Waals surface area contributed by atoms with Crippen LogP contribution in [0.3, 0.4) is 0 Å².